The van der Waals surface area contributed by atoms with Crippen LogP contribution in [0.5, 0.6) is 0 Å². The van der Waals surface area contributed by atoms with Crippen LogP contribution in [0.25, 0.3) is 0 Å². The van der Waals surface area contributed by atoms with Crippen molar-refractivity contribution in [2.45, 2.75) is 12.7 Å². The third-order valence-corrected chi connectivity index (χ3v) is 3.46. The number of nitrogens with zero attached hydrogens (tertiary/aromatic N) is 5. The lowest BCUT2D eigenvalue weighted by molar-refractivity contribution is -0.141. The van der Waals surface area contributed by atoms with E-state index in [0.717, 1.165) is 18.3 Å². The molecule has 0 aliphatic carbocycles. The highest BCUT2D eigenvalue weighted by atomic mass is 19.4. The van der Waals surface area contributed by atoms with E-state index >= 15 is 0 Å². The Kier molecular flexibility index (Phi) is 3.55. The van der Waals surface area contributed by atoms with Crippen molar-refractivity contribution in [3.63, 3.8) is 0 Å². The van der Waals surface area contributed by atoms with Crippen molar-refractivity contribution in [3.8, 4) is 0 Å². The van der Waals surface area contributed by atoms with Gasteiger partial charge in [0.25, 0.3) is 5.91 Å². The largest absolute Gasteiger partial charge is 0.433 e. The van der Waals surface area contributed by atoms with E-state index in [1.807, 2.05) is 0 Å². The number of amides is 1. The normalized spacial score (nSPS) is 15.7. The van der Waals surface area contributed by atoms with E-state index in [2.05, 4.69) is 15.1 Å². The first-order valence-corrected chi connectivity index (χ1v) is 6.58. The van der Waals surface area contributed by atoms with Crippen LogP contribution < -0.4 is 0 Å². The second-order valence-electron chi connectivity index (χ2n) is 5.12. The molecular weight excluding hydrogens is 299 g/mol. The first-order valence-electron chi connectivity index (χ1n) is 6.58. The molecule has 1 amide bonds. The Labute approximate surface area is 123 Å². The van der Waals surface area contributed by atoms with Gasteiger partial charge in [0.05, 0.1) is 5.56 Å². The molecule has 1 fully saturated rings. The lowest BCUT2D eigenvalue weighted by Gasteiger charge is -2.39. The lowest BCUT2D eigenvalue weighted by atomic mass is 9.99. The molecule has 1 aliphatic heterocycles. The molecule has 2 aromatic heterocycles. The van der Waals surface area contributed by atoms with E-state index in [9.17, 15) is 18.0 Å². The van der Waals surface area contributed by atoms with Gasteiger partial charge in [-0.2, -0.15) is 18.3 Å². The highest BCUT2D eigenvalue weighted by molar-refractivity contribution is 5.94. The summed E-state index contributed by atoms with van der Waals surface area (Å²) in [5.74, 6) is -0.0378. The van der Waals surface area contributed by atoms with Gasteiger partial charge in [-0.1, -0.05) is 0 Å². The molecule has 3 heterocycles. The van der Waals surface area contributed by atoms with Gasteiger partial charge in [-0.05, 0) is 12.1 Å². The molecule has 0 spiro atoms. The number of halogens is 3. The van der Waals surface area contributed by atoms with Crippen molar-refractivity contribution in [3.05, 3.63) is 42.2 Å². The van der Waals surface area contributed by atoms with Crippen molar-refractivity contribution in [1.82, 2.24) is 24.6 Å². The van der Waals surface area contributed by atoms with Crippen LogP contribution in [0, 0.1) is 5.92 Å². The predicted molar refractivity (Wildman–Crippen MR) is 68.7 cm³/mol. The molecule has 2 aromatic rings. The number of alkyl halides is 3. The molecule has 0 radical (unpaired) electrons. The lowest BCUT2D eigenvalue weighted by Crippen LogP contribution is -2.51. The summed E-state index contributed by atoms with van der Waals surface area (Å²) < 4.78 is 38.9. The highest BCUT2D eigenvalue weighted by Gasteiger charge is 2.34. The summed E-state index contributed by atoms with van der Waals surface area (Å²) in [6.45, 7) is 1.74. The van der Waals surface area contributed by atoms with Gasteiger partial charge in [-0.3, -0.25) is 14.5 Å². The number of carbonyl (C=O) groups is 1. The number of rotatable bonds is 3. The van der Waals surface area contributed by atoms with Gasteiger partial charge in [0.2, 0.25) is 0 Å². The Morgan fingerprint density at radius 1 is 1.32 bits per heavy atom. The summed E-state index contributed by atoms with van der Waals surface area (Å²) in [7, 11) is 0. The first kappa shape index (κ1) is 14.5. The third kappa shape index (κ3) is 2.92. The fraction of sp³-hybridized carbons (Fsp3) is 0.385. The molecule has 116 valence electrons. The number of carbonyl (C=O) groups excluding carboxylic acids is 1. The molecule has 0 bridgehead atoms. The quantitative estimate of drug-likeness (QED) is 0.861. The van der Waals surface area contributed by atoms with Crippen molar-refractivity contribution >= 4 is 5.91 Å². The van der Waals surface area contributed by atoms with Crippen LogP contribution in [0.3, 0.4) is 0 Å². The Morgan fingerprint density at radius 2 is 2.09 bits per heavy atom. The second-order valence-corrected chi connectivity index (χ2v) is 5.12. The van der Waals surface area contributed by atoms with E-state index in [0.29, 0.717) is 19.6 Å². The van der Waals surface area contributed by atoms with E-state index in [1.54, 1.807) is 15.9 Å². The minimum atomic E-state index is -4.50. The number of likely N-dealkylation sites (tertiary alicyclic amines) is 1. The van der Waals surface area contributed by atoms with Crippen molar-refractivity contribution in [2.24, 2.45) is 5.92 Å². The Hall–Kier alpha value is -2.45. The maximum Gasteiger partial charge on any atom is 0.433 e. The summed E-state index contributed by atoms with van der Waals surface area (Å²) in [5, 5.41) is 3.98. The van der Waals surface area contributed by atoms with Crippen molar-refractivity contribution in [2.75, 3.05) is 13.1 Å². The van der Waals surface area contributed by atoms with Gasteiger partial charge in [-0.15, -0.1) is 0 Å². The van der Waals surface area contributed by atoms with E-state index < -0.39 is 11.9 Å². The first-order chi connectivity index (χ1) is 10.4. The number of aromatic nitrogens is 4. The van der Waals surface area contributed by atoms with Gasteiger partial charge in [-0.25, -0.2) is 4.98 Å². The maximum absolute atomic E-state index is 12.4. The fourth-order valence-electron chi connectivity index (χ4n) is 2.31. The van der Waals surface area contributed by atoms with Crippen LogP contribution in [0.1, 0.15) is 16.1 Å². The second kappa shape index (κ2) is 5.39. The SMILES string of the molecule is O=C(c1ccc(C(F)(F)F)nc1)N1CC(Cn2cncn2)C1. The molecule has 22 heavy (non-hydrogen) atoms. The highest BCUT2D eigenvalue weighted by Crippen LogP contribution is 2.27. The standard InChI is InChI=1S/C13H12F3N5O/c14-13(15,16)11-2-1-10(3-18-11)12(22)20-4-9(5-20)6-21-8-17-7-19-21/h1-3,7-9H,4-6H2. The van der Waals surface area contributed by atoms with Gasteiger partial charge < -0.3 is 4.90 Å². The van der Waals surface area contributed by atoms with Crippen molar-refractivity contribution in [1.29, 1.82) is 0 Å². The fourth-order valence-corrected chi connectivity index (χ4v) is 2.31. The van der Waals surface area contributed by atoms with Crippen molar-refractivity contribution < 1.29 is 18.0 Å². The van der Waals surface area contributed by atoms with Gasteiger partial charge in [0, 0.05) is 31.7 Å². The Morgan fingerprint density at radius 3 is 2.64 bits per heavy atom. The molecular formula is C13H12F3N5O. The molecule has 0 unspecified atom stereocenters. The number of hydrogen-bond donors (Lipinski definition) is 0. The zero-order valence-corrected chi connectivity index (χ0v) is 11.4. The van der Waals surface area contributed by atoms with Crippen LogP contribution in [0.2, 0.25) is 0 Å². The maximum atomic E-state index is 12.4. The average Bonchev–Trinajstić information content (AvgIpc) is 2.94. The van der Waals surface area contributed by atoms with Gasteiger partial charge in [0.15, 0.2) is 0 Å². The average molecular weight is 311 g/mol. The summed E-state index contributed by atoms with van der Waals surface area (Å²) in [6, 6.07) is 1.98. The van der Waals surface area contributed by atoms with E-state index in [-0.39, 0.29) is 17.4 Å². The molecule has 0 saturated carbocycles. The molecule has 1 aliphatic rings. The minimum Gasteiger partial charge on any atom is -0.338 e. The van der Waals surface area contributed by atoms with E-state index in [1.165, 1.54) is 6.33 Å². The molecule has 0 atom stereocenters. The summed E-state index contributed by atoms with van der Waals surface area (Å²) in [4.78, 5) is 20.8. The van der Waals surface area contributed by atoms with Crippen LogP contribution in [-0.4, -0.2) is 43.6 Å². The summed E-state index contributed by atoms with van der Waals surface area (Å²) >= 11 is 0. The molecule has 1 saturated heterocycles. The molecule has 0 aromatic carbocycles. The van der Waals surface area contributed by atoms with Gasteiger partial charge in [0.1, 0.15) is 18.3 Å². The summed E-state index contributed by atoms with van der Waals surface area (Å²) in [5.41, 5.74) is -0.844. The van der Waals surface area contributed by atoms with Gasteiger partial charge >= 0.3 is 6.18 Å². The molecule has 0 N–H and O–H groups in total. The number of hydrogen-bond acceptors (Lipinski definition) is 4. The minimum absolute atomic E-state index is 0.159. The van der Waals surface area contributed by atoms with Crippen LogP contribution >= 0.6 is 0 Å². The third-order valence-electron chi connectivity index (χ3n) is 3.46. The molecule has 9 heteroatoms. The zero-order chi connectivity index (χ0) is 15.7. The topological polar surface area (TPSA) is 63.9 Å². The monoisotopic (exact) mass is 311 g/mol. The molecule has 6 nitrogen and oxygen atoms in total. The van der Waals surface area contributed by atoms with Crippen LogP contribution in [-0.2, 0) is 12.7 Å². The predicted octanol–water partition coefficient (Wildman–Crippen LogP) is 1.46. The Bertz CT molecular complexity index is 647. The smallest absolute Gasteiger partial charge is 0.338 e. The summed E-state index contributed by atoms with van der Waals surface area (Å²) in [6.07, 6.45) is -0.489. The van der Waals surface area contributed by atoms with Crippen LogP contribution in [0.4, 0.5) is 13.2 Å². The zero-order valence-electron chi connectivity index (χ0n) is 11.4. The van der Waals surface area contributed by atoms with Crippen LogP contribution in [0.15, 0.2) is 31.0 Å². The molecule has 3 rings (SSSR count). The number of pyridine rings is 1. The van der Waals surface area contributed by atoms with E-state index in [4.69, 9.17) is 0 Å². The Balaban J connectivity index is 1.57.